The summed E-state index contributed by atoms with van der Waals surface area (Å²) in [5, 5.41) is 7.05. The van der Waals surface area contributed by atoms with E-state index >= 15 is 0 Å². The van der Waals surface area contributed by atoms with Gasteiger partial charge in [0.1, 0.15) is 4.70 Å². The zero-order chi connectivity index (χ0) is 19.0. The van der Waals surface area contributed by atoms with Crippen LogP contribution in [-0.4, -0.2) is 20.7 Å². The monoisotopic (exact) mass is 395 g/mol. The van der Waals surface area contributed by atoms with Crippen molar-refractivity contribution in [3.8, 4) is 0 Å². The summed E-state index contributed by atoms with van der Waals surface area (Å²) in [6.45, 7) is 1.81. The summed E-state index contributed by atoms with van der Waals surface area (Å²) in [4.78, 5) is 29.7. The molecule has 1 N–H and O–H groups in total. The van der Waals surface area contributed by atoms with Crippen LogP contribution in [0.5, 0.6) is 0 Å². The number of fused-ring (bicyclic) bond motifs is 2. The maximum absolute atomic E-state index is 12.7. The van der Waals surface area contributed by atoms with Gasteiger partial charge in [0.05, 0.1) is 10.8 Å². The van der Waals surface area contributed by atoms with Crippen LogP contribution in [0.4, 0.5) is 5.69 Å². The molecule has 0 bridgehead atoms. The van der Waals surface area contributed by atoms with E-state index in [4.69, 9.17) is 0 Å². The number of benzene rings is 2. The highest BCUT2D eigenvalue weighted by atomic mass is 32.2. The van der Waals surface area contributed by atoms with Gasteiger partial charge in [-0.1, -0.05) is 48.2 Å². The Labute approximate surface area is 164 Å². The highest BCUT2D eigenvalue weighted by molar-refractivity contribution is 8.00. The van der Waals surface area contributed by atoms with Crippen LogP contribution >= 0.6 is 23.1 Å². The molecule has 27 heavy (non-hydrogen) atoms. The molecule has 0 radical (unpaired) electrons. The maximum Gasteiger partial charge on any atom is 0.271 e. The van der Waals surface area contributed by atoms with E-state index in [1.54, 1.807) is 7.05 Å². The lowest BCUT2D eigenvalue weighted by atomic mass is 10.1. The van der Waals surface area contributed by atoms with E-state index in [2.05, 4.69) is 10.3 Å². The van der Waals surface area contributed by atoms with Crippen LogP contribution in [0.25, 0.3) is 21.0 Å². The standard InChI is InChI=1S/C20H17N3O2S2/c1-12(27-20-22-16-10-11-26-17(16)19(25)23(20)2)18(24)21-15-9-5-7-13-6-3-4-8-14(13)15/h3-12H,1-2H3,(H,21,24). The largest absolute Gasteiger partial charge is 0.325 e. The van der Waals surface area contributed by atoms with Gasteiger partial charge in [0.15, 0.2) is 5.16 Å². The average molecular weight is 396 g/mol. The highest BCUT2D eigenvalue weighted by Crippen LogP contribution is 2.27. The number of carbonyl (C=O) groups is 1. The summed E-state index contributed by atoms with van der Waals surface area (Å²) in [6.07, 6.45) is 0. The third-order valence-electron chi connectivity index (χ3n) is 4.35. The molecule has 136 valence electrons. The molecule has 0 aliphatic rings. The van der Waals surface area contributed by atoms with Crippen LogP contribution in [0.1, 0.15) is 6.92 Å². The molecule has 1 unspecified atom stereocenters. The molecule has 2 aromatic carbocycles. The molecule has 0 fully saturated rings. The van der Waals surface area contributed by atoms with Crippen molar-refractivity contribution in [3.63, 3.8) is 0 Å². The Morgan fingerprint density at radius 2 is 1.96 bits per heavy atom. The first-order valence-corrected chi connectivity index (χ1v) is 10.2. The Hall–Kier alpha value is -2.64. The number of anilines is 1. The summed E-state index contributed by atoms with van der Waals surface area (Å²) in [5.74, 6) is -0.129. The lowest BCUT2D eigenvalue weighted by molar-refractivity contribution is -0.115. The van der Waals surface area contributed by atoms with E-state index in [-0.39, 0.29) is 11.5 Å². The molecule has 5 nitrogen and oxygen atoms in total. The second kappa shape index (κ2) is 7.17. The number of hydrogen-bond donors (Lipinski definition) is 1. The second-order valence-corrected chi connectivity index (χ2v) is 8.39. The van der Waals surface area contributed by atoms with Crippen LogP contribution in [0, 0.1) is 0 Å². The van der Waals surface area contributed by atoms with Crippen molar-refractivity contribution in [3.05, 3.63) is 64.3 Å². The van der Waals surface area contributed by atoms with Crippen LogP contribution < -0.4 is 10.9 Å². The quantitative estimate of drug-likeness (QED) is 0.414. The van der Waals surface area contributed by atoms with E-state index in [0.717, 1.165) is 16.5 Å². The van der Waals surface area contributed by atoms with Gasteiger partial charge in [0, 0.05) is 18.1 Å². The van der Waals surface area contributed by atoms with E-state index in [1.165, 1.54) is 27.7 Å². The molecule has 0 aliphatic carbocycles. The highest BCUT2D eigenvalue weighted by Gasteiger charge is 2.19. The number of aromatic nitrogens is 2. The molecule has 0 saturated carbocycles. The topological polar surface area (TPSA) is 64.0 Å². The van der Waals surface area contributed by atoms with Crippen molar-refractivity contribution in [2.45, 2.75) is 17.3 Å². The fourth-order valence-electron chi connectivity index (χ4n) is 2.85. The molecule has 2 aromatic heterocycles. The van der Waals surface area contributed by atoms with Gasteiger partial charge in [-0.3, -0.25) is 14.2 Å². The predicted molar refractivity (Wildman–Crippen MR) is 113 cm³/mol. The first-order valence-electron chi connectivity index (χ1n) is 8.44. The molecule has 4 aromatic rings. The molecule has 7 heteroatoms. The molecule has 1 amide bonds. The van der Waals surface area contributed by atoms with Gasteiger partial charge in [-0.25, -0.2) is 4.98 Å². The van der Waals surface area contributed by atoms with Crippen molar-refractivity contribution in [2.75, 3.05) is 5.32 Å². The van der Waals surface area contributed by atoms with Gasteiger partial charge in [0.2, 0.25) is 5.91 Å². The molecular weight excluding hydrogens is 378 g/mol. The summed E-state index contributed by atoms with van der Waals surface area (Å²) in [7, 11) is 1.69. The van der Waals surface area contributed by atoms with Gasteiger partial charge >= 0.3 is 0 Å². The number of thioether (sulfide) groups is 1. The van der Waals surface area contributed by atoms with Crippen molar-refractivity contribution in [1.82, 2.24) is 9.55 Å². The normalized spacial score (nSPS) is 12.4. The smallest absolute Gasteiger partial charge is 0.271 e. The number of thiophene rings is 1. The Morgan fingerprint density at radius 3 is 2.81 bits per heavy atom. The van der Waals surface area contributed by atoms with Crippen molar-refractivity contribution < 1.29 is 4.79 Å². The fraction of sp³-hybridized carbons (Fsp3) is 0.150. The number of hydrogen-bond acceptors (Lipinski definition) is 5. The van der Waals surface area contributed by atoms with Crippen LogP contribution in [0.3, 0.4) is 0 Å². The van der Waals surface area contributed by atoms with Gasteiger partial charge < -0.3 is 5.32 Å². The third kappa shape index (κ3) is 3.36. The molecule has 0 saturated heterocycles. The van der Waals surface area contributed by atoms with Crippen LogP contribution in [0.2, 0.25) is 0 Å². The predicted octanol–water partition coefficient (Wildman–Crippen LogP) is 4.27. The Morgan fingerprint density at radius 1 is 1.19 bits per heavy atom. The van der Waals surface area contributed by atoms with Crippen molar-refractivity contribution in [1.29, 1.82) is 0 Å². The zero-order valence-corrected chi connectivity index (χ0v) is 16.4. The lowest BCUT2D eigenvalue weighted by Crippen LogP contribution is -2.25. The summed E-state index contributed by atoms with van der Waals surface area (Å²) in [5.41, 5.74) is 1.37. The summed E-state index contributed by atoms with van der Waals surface area (Å²) in [6, 6.07) is 15.6. The molecule has 0 spiro atoms. The van der Waals surface area contributed by atoms with Crippen molar-refractivity contribution >= 4 is 55.7 Å². The second-order valence-electron chi connectivity index (χ2n) is 6.17. The minimum Gasteiger partial charge on any atom is -0.325 e. The van der Waals surface area contributed by atoms with E-state index in [1.807, 2.05) is 60.8 Å². The average Bonchev–Trinajstić information content (AvgIpc) is 3.14. The van der Waals surface area contributed by atoms with Gasteiger partial charge in [-0.2, -0.15) is 0 Å². The summed E-state index contributed by atoms with van der Waals surface area (Å²) >= 11 is 2.66. The zero-order valence-electron chi connectivity index (χ0n) is 14.8. The van der Waals surface area contributed by atoms with Gasteiger partial charge in [0.25, 0.3) is 5.56 Å². The third-order valence-corrected chi connectivity index (χ3v) is 6.38. The van der Waals surface area contributed by atoms with E-state index in [9.17, 15) is 9.59 Å². The van der Waals surface area contributed by atoms with Crippen LogP contribution in [-0.2, 0) is 11.8 Å². The number of nitrogens with zero attached hydrogens (tertiary/aromatic N) is 2. The number of carbonyl (C=O) groups excluding carboxylic acids is 1. The Kier molecular flexibility index (Phi) is 4.72. The number of rotatable bonds is 4. The number of nitrogens with one attached hydrogen (secondary N) is 1. The maximum atomic E-state index is 12.7. The fourth-order valence-corrected chi connectivity index (χ4v) is 4.53. The molecular formula is C20H17N3O2S2. The molecule has 4 rings (SSSR count). The minimum absolute atomic E-state index is 0.0841. The SMILES string of the molecule is CC(Sc1nc2ccsc2c(=O)n1C)C(=O)Nc1cccc2ccccc12. The van der Waals surface area contributed by atoms with E-state index in [0.29, 0.717) is 15.4 Å². The first kappa shape index (κ1) is 17.8. The molecule has 2 heterocycles. The Balaban J connectivity index is 1.58. The summed E-state index contributed by atoms with van der Waals surface area (Å²) < 4.78 is 2.14. The van der Waals surface area contributed by atoms with Gasteiger partial charge in [-0.15, -0.1) is 11.3 Å². The number of amides is 1. The Bertz CT molecular complexity index is 1210. The van der Waals surface area contributed by atoms with Crippen LogP contribution in [0.15, 0.2) is 63.9 Å². The first-order chi connectivity index (χ1) is 13.0. The minimum atomic E-state index is -0.404. The molecule has 0 aliphatic heterocycles. The van der Waals surface area contributed by atoms with Crippen molar-refractivity contribution in [2.24, 2.45) is 7.05 Å². The van der Waals surface area contributed by atoms with Gasteiger partial charge in [-0.05, 0) is 29.8 Å². The lowest BCUT2D eigenvalue weighted by Gasteiger charge is -2.14. The van der Waals surface area contributed by atoms with E-state index < -0.39 is 5.25 Å². The molecule has 1 atom stereocenters.